The van der Waals surface area contributed by atoms with Gasteiger partial charge in [0, 0.05) is 4.47 Å². The van der Waals surface area contributed by atoms with E-state index in [2.05, 4.69) is 15.9 Å². The first-order valence-electron chi connectivity index (χ1n) is 4.99. The van der Waals surface area contributed by atoms with Crippen LogP contribution < -0.4 is 4.74 Å². The summed E-state index contributed by atoms with van der Waals surface area (Å²) < 4.78 is 5.99. The number of benzene rings is 2. The molecule has 92 valence electrons. The topological polar surface area (TPSA) is 26.3 Å². The summed E-state index contributed by atoms with van der Waals surface area (Å²) in [6.45, 7) is 0. The summed E-state index contributed by atoms with van der Waals surface area (Å²) in [7, 11) is 0. The van der Waals surface area contributed by atoms with Crippen LogP contribution in [-0.4, -0.2) is 5.97 Å². The largest absolute Gasteiger partial charge is 0.421 e. The number of hydrogen-bond donors (Lipinski definition) is 0. The van der Waals surface area contributed by atoms with Crippen molar-refractivity contribution in [1.29, 1.82) is 0 Å². The number of carbonyl (C=O) groups is 1. The van der Waals surface area contributed by atoms with Gasteiger partial charge in [0.15, 0.2) is 5.75 Å². The van der Waals surface area contributed by atoms with E-state index in [0.29, 0.717) is 10.6 Å². The third-order valence-electron chi connectivity index (χ3n) is 2.18. The Morgan fingerprint density at radius 2 is 1.83 bits per heavy atom. The summed E-state index contributed by atoms with van der Waals surface area (Å²) in [6.07, 6.45) is 0. The van der Waals surface area contributed by atoms with E-state index >= 15 is 0 Å². The van der Waals surface area contributed by atoms with Gasteiger partial charge in [-0.3, -0.25) is 0 Å². The van der Waals surface area contributed by atoms with E-state index in [1.54, 1.807) is 36.4 Å². The summed E-state index contributed by atoms with van der Waals surface area (Å²) >= 11 is 15.1. The molecule has 5 heteroatoms. The molecule has 0 aliphatic heterocycles. The molecular weight excluding hydrogens is 339 g/mol. The van der Waals surface area contributed by atoms with Crippen molar-refractivity contribution < 1.29 is 9.53 Å². The molecule has 2 nitrogen and oxygen atoms in total. The number of carbonyl (C=O) groups excluding carboxylic acids is 1. The van der Waals surface area contributed by atoms with Crippen molar-refractivity contribution in [2.45, 2.75) is 0 Å². The number of hydrogen-bond acceptors (Lipinski definition) is 2. The smallest absolute Gasteiger partial charge is 0.343 e. The number of esters is 1. The highest BCUT2D eigenvalue weighted by Crippen LogP contribution is 2.32. The molecule has 0 aliphatic rings. The van der Waals surface area contributed by atoms with Gasteiger partial charge in [-0.25, -0.2) is 4.79 Å². The third kappa shape index (κ3) is 3.05. The minimum atomic E-state index is -0.486. The quantitative estimate of drug-likeness (QED) is 0.567. The molecule has 0 unspecified atom stereocenters. The zero-order valence-corrected chi connectivity index (χ0v) is 12.1. The molecule has 0 heterocycles. The van der Waals surface area contributed by atoms with Gasteiger partial charge in [-0.1, -0.05) is 51.3 Å². The minimum absolute atomic E-state index is 0.225. The fraction of sp³-hybridized carbons (Fsp3) is 0. The van der Waals surface area contributed by atoms with Gasteiger partial charge in [-0.2, -0.15) is 0 Å². The maximum absolute atomic E-state index is 11.9. The Morgan fingerprint density at radius 1 is 1.11 bits per heavy atom. The Bertz CT molecular complexity index is 599. The summed E-state index contributed by atoms with van der Waals surface area (Å²) in [4.78, 5) is 11.9. The van der Waals surface area contributed by atoms with E-state index in [4.69, 9.17) is 27.9 Å². The molecule has 0 atom stereocenters. The second-order valence-corrected chi connectivity index (χ2v) is 5.15. The molecule has 0 aromatic heterocycles. The van der Waals surface area contributed by atoms with Gasteiger partial charge < -0.3 is 4.74 Å². The fourth-order valence-corrected chi connectivity index (χ4v) is 2.07. The van der Waals surface area contributed by atoms with Crippen LogP contribution in [0.4, 0.5) is 0 Å². The highest BCUT2D eigenvalue weighted by atomic mass is 79.9. The normalized spacial score (nSPS) is 10.2. The fourth-order valence-electron chi connectivity index (χ4n) is 1.34. The molecule has 18 heavy (non-hydrogen) atoms. The zero-order chi connectivity index (χ0) is 13.1. The third-order valence-corrected chi connectivity index (χ3v) is 3.47. The molecule has 2 aromatic carbocycles. The summed E-state index contributed by atoms with van der Waals surface area (Å²) in [5.74, 6) is -0.241. The van der Waals surface area contributed by atoms with E-state index in [-0.39, 0.29) is 10.8 Å². The molecule has 0 amide bonds. The molecule has 0 spiro atoms. The predicted molar refractivity (Wildman–Crippen MR) is 75.6 cm³/mol. The molecule has 0 radical (unpaired) electrons. The Morgan fingerprint density at radius 3 is 2.56 bits per heavy atom. The molecule has 2 rings (SSSR count). The zero-order valence-electron chi connectivity index (χ0n) is 8.99. The van der Waals surface area contributed by atoms with Crippen LogP contribution >= 0.6 is 39.1 Å². The van der Waals surface area contributed by atoms with Crippen LogP contribution in [-0.2, 0) is 0 Å². The first kappa shape index (κ1) is 13.4. The summed E-state index contributed by atoms with van der Waals surface area (Å²) in [5, 5.41) is 0.568. The van der Waals surface area contributed by atoms with Crippen molar-refractivity contribution >= 4 is 45.1 Å². The van der Waals surface area contributed by atoms with Crippen molar-refractivity contribution in [3.8, 4) is 5.75 Å². The van der Waals surface area contributed by atoms with Gasteiger partial charge in [0.05, 0.1) is 10.6 Å². The standard InChI is InChI=1S/C13H7BrCl2O2/c14-9-4-1-3-8(7-9)13(17)18-11-6-2-5-10(15)12(11)16/h1-7H. The molecule has 2 aromatic rings. The van der Waals surface area contributed by atoms with Crippen molar-refractivity contribution in [3.63, 3.8) is 0 Å². The van der Waals surface area contributed by atoms with Gasteiger partial charge in [-0.05, 0) is 30.3 Å². The van der Waals surface area contributed by atoms with Gasteiger partial charge >= 0.3 is 5.97 Å². The molecule has 0 saturated carbocycles. The number of rotatable bonds is 2. The van der Waals surface area contributed by atoms with E-state index in [1.807, 2.05) is 6.07 Å². The maximum Gasteiger partial charge on any atom is 0.343 e. The van der Waals surface area contributed by atoms with Crippen molar-refractivity contribution in [2.24, 2.45) is 0 Å². The molecule has 0 aliphatic carbocycles. The van der Waals surface area contributed by atoms with E-state index < -0.39 is 5.97 Å². The van der Waals surface area contributed by atoms with Crippen LogP contribution in [0.5, 0.6) is 5.75 Å². The lowest BCUT2D eigenvalue weighted by molar-refractivity contribution is 0.0735. The van der Waals surface area contributed by atoms with Crippen molar-refractivity contribution in [1.82, 2.24) is 0 Å². The van der Waals surface area contributed by atoms with Gasteiger partial charge in [-0.15, -0.1) is 0 Å². The van der Waals surface area contributed by atoms with Crippen LogP contribution in [0, 0.1) is 0 Å². The molecule has 0 N–H and O–H groups in total. The van der Waals surface area contributed by atoms with Crippen molar-refractivity contribution in [2.75, 3.05) is 0 Å². The SMILES string of the molecule is O=C(Oc1cccc(Cl)c1Cl)c1cccc(Br)c1. The summed E-state index contributed by atoms with van der Waals surface area (Å²) in [5.41, 5.74) is 0.431. The van der Waals surface area contributed by atoms with Gasteiger partial charge in [0.2, 0.25) is 0 Å². The van der Waals surface area contributed by atoms with Crippen LogP contribution in [0.25, 0.3) is 0 Å². The first-order chi connectivity index (χ1) is 8.58. The van der Waals surface area contributed by atoms with Crippen LogP contribution in [0.2, 0.25) is 10.0 Å². The van der Waals surface area contributed by atoms with E-state index in [9.17, 15) is 4.79 Å². The summed E-state index contributed by atoms with van der Waals surface area (Å²) in [6, 6.07) is 11.8. The van der Waals surface area contributed by atoms with E-state index in [1.165, 1.54) is 0 Å². The highest BCUT2D eigenvalue weighted by molar-refractivity contribution is 9.10. The Hall–Kier alpha value is -1.03. The van der Waals surface area contributed by atoms with Crippen LogP contribution in [0.3, 0.4) is 0 Å². The average Bonchev–Trinajstić information content (AvgIpc) is 2.35. The first-order valence-corrected chi connectivity index (χ1v) is 6.54. The van der Waals surface area contributed by atoms with Gasteiger partial charge in [0.1, 0.15) is 5.02 Å². The molecule has 0 bridgehead atoms. The lowest BCUT2D eigenvalue weighted by Crippen LogP contribution is -2.08. The van der Waals surface area contributed by atoms with E-state index in [0.717, 1.165) is 4.47 Å². The Balaban J connectivity index is 2.24. The Labute approximate surface area is 123 Å². The monoisotopic (exact) mass is 344 g/mol. The van der Waals surface area contributed by atoms with Gasteiger partial charge in [0.25, 0.3) is 0 Å². The maximum atomic E-state index is 11.9. The molecular formula is C13H7BrCl2O2. The van der Waals surface area contributed by atoms with Crippen LogP contribution in [0.15, 0.2) is 46.9 Å². The second-order valence-electron chi connectivity index (χ2n) is 3.45. The second kappa shape index (κ2) is 5.74. The minimum Gasteiger partial charge on any atom is -0.421 e. The molecule has 0 saturated heterocycles. The Kier molecular flexibility index (Phi) is 4.27. The van der Waals surface area contributed by atoms with Crippen molar-refractivity contribution in [3.05, 3.63) is 62.5 Å². The number of halogens is 3. The molecule has 0 fully saturated rings. The van der Waals surface area contributed by atoms with Crippen LogP contribution in [0.1, 0.15) is 10.4 Å². The average molecular weight is 346 g/mol. The predicted octanol–water partition coefficient (Wildman–Crippen LogP) is 4.98. The lowest BCUT2D eigenvalue weighted by Gasteiger charge is -2.07. The lowest BCUT2D eigenvalue weighted by atomic mass is 10.2. The number of ether oxygens (including phenoxy) is 1. The highest BCUT2D eigenvalue weighted by Gasteiger charge is 2.12.